The summed E-state index contributed by atoms with van der Waals surface area (Å²) in [5.74, 6) is 0.581. The average Bonchev–Trinajstić information content (AvgIpc) is 3.07. The molecule has 7 heteroatoms. The molecule has 28 heavy (non-hydrogen) atoms. The smallest absolute Gasteiger partial charge is 0.291 e. The maximum absolute atomic E-state index is 12.7. The molecule has 1 aromatic carbocycles. The van der Waals surface area contributed by atoms with Crippen LogP contribution >= 0.6 is 0 Å². The molecule has 2 aromatic heterocycles. The van der Waals surface area contributed by atoms with Crippen molar-refractivity contribution in [1.82, 2.24) is 25.0 Å². The lowest BCUT2D eigenvalue weighted by Gasteiger charge is -2.30. The average molecular weight is 381 g/mol. The van der Waals surface area contributed by atoms with Crippen LogP contribution in [0.2, 0.25) is 0 Å². The summed E-state index contributed by atoms with van der Waals surface area (Å²) in [5.41, 5.74) is 1.11. The molecule has 148 valence electrons. The molecule has 1 aliphatic heterocycles. The Morgan fingerprint density at radius 3 is 3.04 bits per heavy atom. The molecule has 0 spiro atoms. The molecule has 0 radical (unpaired) electrons. The molecule has 7 nitrogen and oxygen atoms in total. The van der Waals surface area contributed by atoms with Gasteiger partial charge in [0.1, 0.15) is 12.1 Å². The number of H-pyrrole nitrogens is 1. The van der Waals surface area contributed by atoms with E-state index in [1.165, 1.54) is 17.5 Å². The van der Waals surface area contributed by atoms with Crippen molar-refractivity contribution in [3.05, 3.63) is 40.8 Å². The van der Waals surface area contributed by atoms with E-state index in [-0.39, 0.29) is 18.0 Å². The van der Waals surface area contributed by atoms with Crippen molar-refractivity contribution in [3.8, 4) is 0 Å². The molecule has 3 heterocycles. The Morgan fingerprint density at radius 2 is 2.18 bits per heavy atom. The van der Waals surface area contributed by atoms with E-state index < -0.39 is 0 Å². The molecule has 3 aromatic rings. The second-order valence-corrected chi connectivity index (χ2v) is 7.82. The number of likely N-dealkylation sites (tertiary alicyclic amines) is 1. The van der Waals surface area contributed by atoms with E-state index in [1.54, 1.807) is 6.20 Å². The molecule has 1 aliphatic rings. The molecule has 4 rings (SSSR count). The van der Waals surface area contributed by atoms with Crippen molar-refractivity contribution in [3.63, 3.8) is 0 Å². The van der Waals surface area contributed by atoms with Gasteiger partial charge in [-0.25, -0.2) is 4.68 Å². The number of nitrogens with one attached hydrogen (secondary N) is 2. The number of hydrogen-bond donors (Lipinski definition) is 2. The Hall–Kier alpha value is -2.67. The van der Waals surface area contributed by atoms with E-state index in [9.17, 15) is 9.59 Å². The van der Waals surface area contributed by atoms with E-state index in [4.69, 9.17) is 0 Å². The number of para-hydroxylation sites is 1. The molecule has 2 N–H and O–H groups in total. The third-order valence-corrected chi connectivity index (χ3v) is 5.53. The van der Waals surface area contributed by atoms with Crippen molar-refractivity contribution in [2.24, 2.45) is 5.92 Å². The Balaban J connectivity index is 1.34. The molecule has 1 fully saturated rings. The largest absolute Gasteiger partial charge is 0.354 e. The number of fused-ring (bicyclic) bond motifs is 3. The topological polar surface area (TPSA) is 83.0 Å². The second-order valence-electron chi connectivity index (χ2n) is 7.82. The molecular weight excluding hydrogens is 354 g/mol. The summed E-state index contributed by atoms with van der Waals surface area (Å²) in [5, 5.41) is 8.85. The summed E-state index contributed by atoms with van der Waals surface area (Å²) < 4.78 is 1.22. The maximum Gasteiger partial charge on any atom is 0.291 e. The van der Waals surface area contributed by atoms with Crippen molar-refractivity contribution < 1.29 is 4.79 Å². The van der Waals surface area contributed by atoms with Crippen LogP contribution in [0.5, 0.6) is 0 Å². The van der Waals surface area contributed by atoms with Crippen LogP contribution in [-0.4, -0.2) is 51.8 Å². The van der Waals surface area contributed by atoms with Crippen LogP contribution in [0.1, 0.15) is 26.2 Å². The predicted molar refractivity (Wildman–Crippen MR) is 110 cm³/mol. The molecule has 0 bridgehead atoms. The van der Waals surface area contributed by atoms with Gasteiger partial charge in [0.2, 0.25) is 5.91 Å². The third-order valence-electron chi connectivity index (χ3n) is 5.53. The highest BCUT2D eigenvalue weighted by atomic mass is 16.2. The number of carbonyl (C=O) groups excluding carboxylic acids is 1. The summed E-state index contributed by atoms with van der Waals surface area (Å²) in [6, 6.07) is 7.73. The Kier molecular flexibility index (Phi) is 5.43. The minimum Gasteiger partial charge on any atom is -0.354 e. The standard InChI is InChI=1S/C21H27N5O2/c1-15-6-4-10-25(13-15)11-5-9-22-19(27)14-26-21(28)20-17(12-23-26)16-7-2-3-8-18(16)24-20/h2-3,7-8,12,15,24H,4-6,9-11,13-14H2,1H3,(H,22,27). The zero-order chi connectivity index (χ0) is 19.5. The minimum absolute atomic E-state index is 0.0646. The van der Waals surface area contributed by atoms with Gasteiger partial charge in [-0.2, -0.15) is 5.10 Å². The first-order chi connectivity index (χ1) is 13.6. The normalized spacial score (nSPS) is 18.0. The summed E-state index contributed by atoms with van der Waals surface area (Å²) in [6.07, 6.45) is 5.15. The van der Waals surface area contributed by atoms with Crippen LogP contribution in [-0.2, 0) is 11.3 Å². The highest BCUT2D eigenvalue weighted by molar-refractivity contribution is 6.06. The number of piperidine rings is 1. The Morgan fingerprint density at radius 1 is 1.32 bits per heavy atom. The van der Waals surface area contributed by atoms with Gasteiger partial charge in [0, 0.05) is 29.4 Å². The highest BCUT2D eigenvalue weighted by Crippen LogP contribution is 2.21. The van der Waals surface area contributed by atoms with Crippen LogP contribution in [0.25, 0.3) is 21.8 Å². The molecule has 0 aliphatic carbocycles. The van der Waals surface area contributed by atoms with E-state index in [0.717, 1.165) is 48.3 Å². The van der Waals surface area contributed by atoms with Gasteiger partial charge in [-0.15, -0.1) is 0 Å². The van der Waals surface area contributed by atoms with Crippen LogP contribution < -0.4 is 10.9 Å². The van der Waals surface area contributed by atoms with E-state index in [1.807, 2.05) is 24.3 Å². The van der Waals surface area contributed by atoms with Gasteiger partial charge in [0.25, 0.3) is 5.56 Å². The number of benzene rings is 1. The number of nitrogens with zero attached hydrogens (tertiary/aromatic N) is 3. The fraction of sp³-hybridized carbons (Fsp3) is 0.476. The molecular formula is C21H27N5O2. The van der Waals surface area contributed by atoms with Crippen molar-refractivity contribution >= 4 is 27.7 Å². The minimum atomic E-state index is -0.272. The summed E-state index contributed by atoms with van der Waals surface area (Å²) >= 11 is 0. The van der Waals surface area contributed by atoms with Crippen LogP contribution in [0.3, 0.4) is 0 Å². The summed E-state index contributed by atoms with van der Waals surface area (Å²) in [6.45, 7) is 6.16. The molecule has 1 atom stereocenters. The SMILES string of the molecule is CC1CCCN(CCCNC(=O)Cn2ncc3c([nH]c4ccccc43)c2=O)C1. The molecule has 1 amide bonds. The maximum atomic E-state index is 12.7. The van der Waals surface area contributed by atoms with E-state index in [2.05, 4.69) is 27.2 Å². The van der Waals surface area contributed by atoms with Crippen molar-refractivity contribution in [1.29, 1.82) is 0 Å². The first-order valence-electron chi connectivity index (χ1n) is 10.1. The lowest BCUT2D eigenvalue weighted by Crippen LogP contribution is -2.37. The molecule has 1 saturated heterocycles. The number of hydrogen-bond acceptors (Lipinski definition) is 4. The first kappa shape index (κ1) is 18.7. The number of carbonyl (C=O) groups is 1. The van der Waals surface area contributed by atoms with Gasteiger partial charge in [0.15, 0.2) is 0 Å². The zero-order valence-corrected chi connectivity index (χ0v) is 16.3. The predicted octanol–water partition coefficient (Wildman–Crippen LogP) is 2.12. The number of aromatic amines is 1. The van der Waals surface area contributed by atoms with E-state index in [0.29, 0.717) is 12.1 Å². The van der Waals surface area contributed by atoms with Gasteiger partial charge in [0.05, 0.1) is 6.20 Å². The van der Waals surface area contributed by atoms with Gasteiger partial charge in [-0.05, 0) is 44.3 Å². The fourth-order valence-corrected chi connectivity index (χ4v) is 4.10. The third kappa shape index (κ3) is 3.94. The lowest BCUT2D eigenvalue weighted by atomic mass is 10.0. The summed E-state index contributed by atoms with van der Waals surface area (Å²) in [4.78, 5) is 30.5. The lowest BCUT2D eigenvalue weighted by molar-refractivity contribution is -0.121. The quantitative estimate of drug-likeness (QED) is 0.641. The monoisotopic (exact) mass is 381 g/mol. The first-order valence-corrected chi connectivity index (χ1v) is 10.1. The molecule has 1 unspecified atom stereocenters. The summed E-state index contributed by atoms with van der Waals surface area (Å²) in [7, 11) is 0. The van der Waals surface area contributed by atoms with Crippen molar-refractivity contribution in [2.75, 3.05) is 26.2 Å². The Bertz CT molecular complexity index is 1040. The van der Waals surface area contributed by atoms with Crippen LogP contribution in [0, 0.1) is 5.92 Å². The van der Waals surface area contributed by atoms with Gasteiger partial charge in [-0.3, -0.25) is 9.59 Å². The molecule has 0 saturated carbocycles. The second kappa shape index (κ2) is 8.14. The fourth-order valence-electron chi connectivity index (χ4n) is 4.10. The van der Waals surface area contributed by atoms with Gasteiger partial charge in [-0.1, -0.05) is 25.1 Å². The van der Waals surface area contributed by atoms with E-state index >= 15 is 0 Å². The van der Waals surface area contributed by atoms with Crippen molar-refractivity contribution in [2.45, 2.75) is 32.7 Å². The number of aromatic nitrogens is 3. The van der Waals surface area contributed by atoms with Crippen LogP contribution in [0.4, 0.5) is 0 Å². The van der Waals surface area contributed by atoms with Gasteiger partial charge < -0.3 is 15.2 Å². The number of rotatable bonds is 6. The van der Waals surface area contributed by atoms with Crippen LogP contribution in [0.15, 0.2) is 35.3 Å². The number of amides is 1. The highest BCUT2D eigenvalue weighted by Gasteiger charge is 2.16. The van der Waals surface area contributed by atoms with Gasteiger partial charge >= 0.3 is 0 Å². The zero-order valence-electron chi connectivity index (χ0n) is 16.3. The Labute approximate surface area is 163 Å².